The van der Waals surface area contributed by atoms with E-state index in [-0.39, 0.29) is 11.8 Å². The lowest BCUT2D eigenvalue weighted by Crippen LogP contribution is -2.39. The number of aliphatic carboxylic acids is 1. The van der Waals surface area contributed by atoms with Gasteiger partial charge in [-0.2, -0.15) is 0 Å². The SMILES string of the molecule is CC1(CC(=O)O)CCN(c2ccccc2Br)CC1. The largest absolute Gasteiger partial charge is 0.481 e. The third-order valence-electron chi connectivity index (χ3n) is 3.74. The van der Waals surface area contributed by atoms with E-state index < -0.39 is 5.97 Å². The van der Waals surface area contributed by atoms with Crippen LogP contribution in [0.15, 0.2) is 28.7 Å². The average Bonchev–Trinajstić information content (AvgIpc) is 2.30. The number of halogens is 1. The van der Waals surface area contributed by atoms with Crippen molar-refractivity contribution in [3.05, 3.63) is 28.7 Å². The molecule has 1 aromatic carbocycles. The van der Waals surface area contributed by atoms with Crippen molar-refractivity contribution in [2.24, 2.45) is 5.41 Å². The van der Waals surface area contributed by atoms with E-state index in [4.69, 9.17) is 5.11 Å². The fourth-order valence-corrected chi connectivity index (χ4v) is 3.07. The van der Waals surface area contributed by atoms with Crippen molar-refractivity contribution >= 4 is 27.6 Å². The molecular weight excluding hydrogens is 294 g/mol. The molecule has 0 amide bonds. The van der Waals surface area contributed by atoms with Crippen molar-refractivity contribution < 1.29 is 9.90 Å². The molecule has 18 heavy (non-hydrogen) atoms. The molecule has 1 N–H and O–H groups in total. The summed E-state index contributed by atoms with van der Waals surface area (Å²) in [5.41, 5.74) is 1.15. The maximum Gasteiger partial charge on any atom is 0.303 e. The highest BCUT2D eigenvalue weighted by Gasteiger charge is 2.32. The van der Waals surface area contributed by atoms with Crippen molar-refractivity contribution in [3.8, 4) is 0 Å². The van der Waals surface area contributed by atoms with Gasteiger partial charge in [-0.15, -0.1) is 0 Å². The fraction of sp³-hybridized carbons (Fsp3) is 0.500. The minimum Gasteiger partial charge on any atom is -0.481 e. The zero-order chi connectivity index (χ0) is 13.2. The average molecular weight is 312 g/mol. The number of rotatable bonds is 3. The van der Waals surface area contributed by atoms with Crippen molar-refractivity contribution in [2.45, 2.75) is 26.2 Å². The second kappa shape index (κ2) is 5.31. The summed E-state index contributed by atoms with van der Waals surface area (Å²) in [4.78, 5) is 13.2. The van der Waals surface area contributed by atoms with Gasteiger partial charge in [-0.05, 0) is 46.3 Å². The molecule has 1 aliphatic rings. The predicted octanol–water partition coefficient (Wildman–Crippen LogP) is 3.53. The van der Waals surface area contributed by atoms with Crippen LogP contribution in [0.1, 0.15) is 26.2 Å². The van der Waals surface area contributed by atoms with Gasteiger partial charge in [0.2, 0.25) is 0 Å². The maximum absolute atomic E-state index is 10.9. The Morgan fingerprint density at radius 2 is 2.00 bits per heavy atom. The van der Waals surface area contributed by atoms with Gasteiger partial charge in [0.15, 0.2) is 0 Å². The lowest BCUT2D eigenvalue weighted by atomic mass is 9.77. The van der Waals surface area contributed by atoms with Crippen LogP contribution in [0.4, 0.5) is 5.69 Å². The Labute approximate surface area is 116 Å². The van der Waals surface area contributed by atoms with Crippen LogP contribution in [0.3, 0.4) is 0 Å². The molecule has 0 aromatic heterocycles. The molecule has 3 nitrogen and oxygen atoms in total. The number of hydrogen-bond donors (Lipinski definition) is 1. The second-order valence-corrected chi connectivity index (χ2v) is 6.17. The molecule has 0 unspecified atom stereocenters. The number of carboxylic acids is 1. The van der Waals surface area contributed by atoms with E-state index in [0.29, 0.717) is 0 Å². The molecular formula is C14H18BrNO2. The molecule has 0 radical (unpaired) electrons. The van der Waals surface area contributed by atoms with Gasteiger partial charge >= 0.3 is 5.97 Å². The number of nitrogens with zero attached hydrogens (tertiary/aromatic N) is 1. The molecule has 1 saturated heterocycles. The molecule has 1 aromatic rings. The van der Waals surface area contributed by atoms with Gasteiger partial charge in [-0.1, -0.05) is 19.1 Å². The lowest BCUT2D eigenvalue weighted by Gasteiger charge is -2.40. The maximum atomic E-state index is 10.9. The van der Waals surface area contributed by atoms with Gasteiger partial charge in [0.25, 0.3) is 0 Å². The summed E-state index contributed by atoms with van der Waals surface area (Å²) in [5.74, 6) is -0.688. The molecule has 0 bridgehead atoms. The number of anilines is 1. The summed E-state index contributed by atoms with van der Waals surface area (Å²) in [6, 6.07) is 8.18. The normalized spacial score (nSPS) is 18.7. The number of carboxylic acid groups (broad SMARTS) is 1. The number of hydrogen-bond acceptors (Lipinski definition) is 2. The number of piperidine rings is 1. The minimum atomic E-state index is -0.688. The zero-order valence-corrected chi connectivity index (χ0v) is 12.1. The van der Waals surface area contributed by atoms with E-state index in [1.807, 2.05) is 18.2 Å². The molecule has 1 heterocycles. The molecule has 2 rings (SSSR count). The highest BCUT2D eigenvalue weighted by Crippen LogP contribution is 2.37. The zero-order valence-electron chi connectivity index (χ0n) is 10.5. The first-order valence-electron chi connectivity index (χ1n) is 6.21. The summed E-state index contributed by atoms with van der Waals surface area (Å²) >= 11 is 3.56. The van der Waals surface area contributed by atoms with E-state index in [9.17, 15) is 4.79 Å². The molecule has 0 atom stereocenters. The third kappa shape index (κ3) is 3.05. The van der Waals surface area contributed by atoms with Crippen molar-refractivity contribution in [1.82, 2.24) is 0 Å². The van der Waals surface area contributed by atoms with Gasteiger partial charge in [0.1, 0.15) is 0 Å². The van der Waals surface area contributed by atoms with Gasteiger partial charge in [-0.25, -0.2) is 0 Å². The van der Waals surface area contributed by atoms with Crippen LogP contribution in [-0.2, 0) is 4.79 Å². The van der Waals surface area contributed by atoms with Crippen LogP contribution < -0.4 is 4.90 Å². The summed E-state index contributed by atoms with van der Waals surface area (Å²) in [7, 11) is 0. The molecule has 1 aliphatic heterocycles. The Hall–Kier alpha value is -1.03. The third-order valence-corrected chi connectivity index (χ3v) is 4.41. The fourth-order valence-electron chi connectivity index (χ4n) is 2.54. The topological polar surface area (TPSA) is 40.5 Å². The summed E-state index contributed by atoms with van der Waals surface area (Å²) in [5, 5.41) is 8.94. The lowest BCUT2D eigenvalue weighted by molar-refractivity contribution is -0.139. The summed E-state index contributed by atoms with van der Waals surface area (Å²) in [6.07, 6.45) is 2.14. The van der Waals surface area contributed by atoms with Crippen molar-refractivity contribution in [1.29, 1.82) is 0 Å². The van der Waals surface area contributed by atoms with Gasteiger partial charge < -0.3 is 10.0 Å². The molecule has 4 heteroatoms. The van der Waals surface area contributed by atoms with E-state index in [1.54, 1.807) is 0 Å². The number of benzene rings is 1. The highest BCUT2D eigenvalue weighted by atomic mass is 79.9. The predicted molar refractivity (Wildman–Crippen MR) is 75.9 cm³/mol. The van der Waals surface area contributed by atoms with E-state index in [0.717, 1.165) is 30.4 Å². The summed E-state index contributed by atoms with van der Waals surface area (Å²) < 4.78 is 1.10. The number of para-hydroxylation sites is 1. The van der Waals surface area contributed by atoms with E-state index in [1.165, 1.54) is 5.69 Å². The van der Waals surface area contributed by atoms with Crippen molar-refractivity contribution in [2.75, 3.05) is 18.0 Å². The Kier molecular flexibility index (Phi) is 3.95. The number of carbonyl (C=O) groups is 1. The Morgan fingerprint density at radius 3 is 2.56 bits per heavy atom. The first-order valence-corrected chi connectivity index (χ1v) is 7.01. The molecule has 0 saturated carbocycles. The van der Waals surface area contributed by atoms with E-state index in [2.05, 4.69) is 33.8 Å². The van der Waals surface area contributed by atoms with Crippen LogP contribution >= 0.6 is 15.9 Å². The summed E-state index contributed by atoms with van der Waals surface area (Å²) in [6.45, 7) is 3.93. The highest BCUT2D eigenvalue weighted by molar-refractivity contribution is 9.10. The van der Waals surface area contributed by atoms with Crippen LogP contribution in [0.25, 0.3) is 0 Å². The van der Waals surface area contributed by atoms with Crippen LogP contribution in [0.2, 0.25) is 0 Å². The van der Waals surface area contributed by atoms with Gasteiger partial charge in [-0.3, -0.25) is 4.79 Å². The van der Waals surface area contributed by atoms with Gasteiger partial charge in [0.05, 0.1) is 12.1 Å². The van der Waals surface area contributed by atoms with Crippen LogP contribution in [0.5, 0.6) is 0 Å². The quantitative estimate of drug-likeness (QED) is 0.928. The molecule has 1 fully saturated rings. The smallest absolute Gasteiger partial charge is 0.303 e. The Bertz CT molecular complexity index is 439. The minimum absolute atomic E-state index is 0.0520. The van der Waals surface area contributed by atoms with Gasteiger partial charge in [0, 0.05) is 17.6 Å². The van der Waals surface area contributed by atoms with Crippen LogP contribution in [-0.4, -0.2) is 24.2 Å². The van der Waals surface area contributed by atoms with Crippen molar-refractivity contribution in [3.63, 3.8) is 0 Å². The van der Waals surface area contributed by atoms with Crippen LogP contribution in [0, 0.1) is 5.41 Å². The van der Waals surface area contributed by atoms with E-state index >= 15 is 0 Å². The Balaban J connectivity index is 2.03. The standard InChI is InChI=1S/C14H18BrNO2/c1-14(10-13(17)18)6-8-16(9-7-14)12-5-3-2-4-11(12)15/h2-5H,6-10H2,1H3,(H,17,18). The molecule has 0 aliphatic carbocycles. The molecule has 98 valence electrons. The first kappa shape index (κ1) is 13.4. The Morgan fingerprint density at radius 1 is 1.39 bits per heavy atom. The first-order chi connectivity index (χ1) is 8.50. The monoisotopic (exact) mass is 311 g/mol. The second-order valence-electron chi connectivity index (χ2n) is 5.32. The molecule has 0 spiro atoms.